The lowest BCUT2D eigenvalue weighted by Gasteiger charge is -2.07. The molecule has 0 fully saturated rings. The third-order valence-corrected chi connectivity index (χ3v) is 3.40. The SMILES string of the molecule is Cc1cc(C)n2ncc(C(=O)Nc3cnn(COCC(F)(F)F)c3)c2n1. The van der Waals surface area contributed by atoms with Crippen LogP contribution in [-0.2, 0) is 11.5 Å². The molecule has 0 atom stereocenters. The second-order valence-electron chi connectivity index (χ2n) is 5.65. The molecule has 3 heterocycles. The molecule has 0 saturated carbocycles. The Morgan fingerprint density at radius 1 is 1.27 bits per heavy atom. The van der Waals surface area contributed by atoms with Crippen LogP contribution >= 0.6 is 0 Å². The Bertz CT molecular complexity index is 947. The molecule has 1 amide bonds. The van der Waals surface area contributed by atoms with Crippen LogP contribution in [0.5, 0.6) is 0 Å². The van der Waals surface area contributed by atoms with Crippen LogP contribution in [-0.4, -0.2) is 43.1 Å². The number of rotatable bonds is 5. The van der Waals surface area contributed by atoms with Crippen LogP contribution in [0.25, 0.3) is 5.65 Å². The maximum Gasteiger partial charge on any atom is 0.411 e. The Hall–Kier alpha value is -2.95. The van der Waals surface area contributed by atoms with Crippen LogP contribution < -0.4 is 5.32 Å². The summed E-state index contributed by atoms with van der Waals surface area (Å²) in [5, 5.41) is 10.6. The molecule has 0 saturated heterocycles. The molecule has 0 unspecified atom stereocenters. The van der Waals surface area contributed by atoms with Gasteiger partial charge in [-0.25, -0.2) is 14.2 Å². The minimum atomic E-state index is -4.41. The van der Waals surface area contributed by atoms with Gasteiger partial charge in [0, 0.05) is 11.4 Å². The molecule has 0 aliphatic rings. The first-order valence-corrected chi connectivity index (χ1v) is 7.53. The van der Waals surface area contributed by atoms with Crippen LogP contribution in [0.2, 0.25) is 0 Å². The quantitative estimate of drug-likeness (QED) is 0.747. The van der Waals surface area contributed by atoms with Gasteiger partial charge in [0.1, 0.15) is 18.9 Å². The number of fused-ring (bicyclic) bond motifs is 1. The highest BCUT2D eigenvalue weighted by Gasteiger charge is 2.27. The lowest BCUT2D eigenvalue weighted by Crippen LogP contribution is -2.18. The van der Waals surface area contributed by atoms with Crippen molar-refractivity contribution >= 4 is 17.2 Å². The number of anilines is 1. The largest absolute Gasteiger partial charge is 0.411 e. The lowest BCUT2D eigenvalue weighted by atomic mass is 10.3. The van der Waals surface area contributed by atoms with E-state index in [9.17, 15) is 18.0 Å². The number of hydrogen-bond acceptors (Lipinski definition) is 5. The highest BCUT2D eigenvalue weighted by atomic mass is 19.4. The zero-order chi connectivity index (χ0) is 18.9. The molecule has 3 rings (SSSR count). The fourth-order valence-electron chi connectivity index (χ4n) is 2.38. The maximum absolute atomic E-state index is 12.4. The predicted octanol–water partition coefficient (Wildman–Crippen LogP) is 2.33. The van der Waals surface area contributed by atoms with E-state index >= 15 is 0 Å². The molecule has 0 radical (unpaired) electrons. The van der Waals surface area contributed by atoms with E-state index in [0.29, 0.717) is 11.3 Å². The Labute approximate surface area is 145 Å². The first-order valence-electron chi connectivity index (χ1n) is 7.53. The lowest BCUT2D eigenvalue weighted by molar-refractivity contribution is -0.182. The van der Waals surface area contributed by atoms with E-state index in [1.165, 1.54) is 18.6 Å². The van der Waals surface area contributed by atoms with Crippen molar-refractivity contribution in [2.45, 2.75) is 26.8 Å². The van der Waals surface area contributed by atoms with Crippen LogP contribution in [0, 0.1) is 13.8 Å². The molecule has 0 aliphatic heterocycles. The highest BCUT2D eigenvalue weighted by molar-refractivity contribution is 6.08. The van der Waals surface area contributed by atoms with E-state index in [0.717, 1.165) is 16.1 Å². The molecule has 26 heavy (non-hydrogen) atoms. The molecular formula is C15H15F3N6O2. The molecule has 8 nitrogen and oxygen atoms in total. The van der Waals surface area contributed by atoms with Gasteiger partial charge in [0.05, 0.1) is 24.3 Å². The number of aryl methyl sites for hydroxylation is 2. The van der Waals surface area contributed by atoms with Crippen molar-refractivity contribution in [2.24, 2.45) is 0 Å². The molecule has 0 aromatic carbocycles. The van der Waals surface area contributed by atoms with E-state index in [1.54, 1.807) is 4.52 Å². The zero-order valence-electron chi connectivity index (χ0n) is 13.9. The molecule has 3 aromatic heterocycles. The van der Waals surface area contributed by atoms with Crippen molar-refractivity contribution in [1.29, 1.82) is 0 Å². The topological polar surface area (TPSA) is 86.3 Å². The van der Waals surface area contributed by atoms with Gasteiger partial charge in [-0.1, -0.05) is 0 Å². The van der Waals surface area contributed by atoms with Crippen LogP contribution in [0.1, 0.15) is 21.7 Å². The summed E-state index contributed by atoms with van der Waals surface area (Å²) in [4.78, 5) is 16.8. The van der Waals surface area contributed by atoms with E-state index in [1.807, 2.05) is 19.9 Å². The third kappa shape index (κ3) is 3.99. The van der Waals surface area contributed by atoms with Gasteiger partial charge in [0.15, 0.2) is 5.65 Å². The van der Waals surface area contributed by atoms with Gasteiger partial charge in [-0.15, -0.1) is 0 Å². The highest BCUT2D eigenvalue weighted by Crippen LogP contribution is 2.16. The number of carbonyl (C=O) groups is 1. The number of halogens is 3. The summed E-state index contributed by atoms with van der Waals surface area (Å²) in [5.41, 5.74) is 2.59. The van der Waals surface area contributed by atoms with Crippen molar-refractivity contribution in [2.75, 3.05) is 11.9 Å². The summed E-state index contributed by atoms with van der Waals surface area (Å²) < 4.78 is 43.3. The van der Waals surface area contributed by atoms with E-state index in [4.69, 9.17) is 0 Å². The van der Waals surface area contributed by atoms with Crippen molar-refractivity contribution in [3.63, 3.8) is 0 Å². The predicted molar refractivity (Wildman–Crippen MR) is 84.6 cm³/mol. The summed E-state index contributed by atoms with van der Waals surface area (Å²) in [7, 11) is 0. The molecule has 0 bridgehead atoms. The van der Waals surface area contributed by atoms with Gasteiger partial charge >= 0.3 is 6.18 Å². The average molecular weight is 368 g/mol. The van der Waals surface area contributed by atoms with Crippen LogP contribution in [0.4, 0.5) is 18.9 Å². The summed E-state index contributed by atoms with van der Waals surface area (Å²) in [6, 6.07) is 1.84. The standard InChI is InChI=1S/C15H15F3N6O2/c1-9-3-10(2)24-13(21-9)12(5-20-24)14(25)22-11-4-19-23(6-11)8-26-7-15(16,17)18/h3-6H,7-8H2,1-2H3,(H,22,25). The van der Waals surface area contributed by atoms with Gasteiger partial charge in [0.25, 0.3) is 5.91 Å². The fourth-order valence-corrected chi connectivity index (χ4v) is 2.38. The Morgan fingerprint density at radius 3 is 2.77 bits per heavy atom. The minimum Gasteiger partial charge on any atom is -0.350 e. The summed E-state index contributed by atoms with van der Waals surface area (Å²) >= 11 is 0. The summed E-state index contributed by atoms with van der Waals surface area (Å²) in [5.74, 6) is -0.451. The summed E-state index contributed by atoms with van der Waals surface area (Å²) in [6.07, 6.45) is -0.327. The number of aromatic nitrogens is 5. The van der Waals surface area contributed by atoms with Crippen molar-refractivity contribution < 1.29 is 22.7 Å². The number of nitrogens with zero attached hydrogens (tertiary/aromatic N) is 5. The van der Waals surface area contributed by atoms with Gasteiger partial charge < -0.3 is 10.1 Å². The van der Waals surface area contributed by atoms with Crippen LogP contribution in [0.15, 0.2) is 24.7 Å². The van der Waals surface area contributed by atoms with Gasteiger partial charge in [0.2, 0.25) is 0 Å². The van der Waals surface area contributed by atoms with Gasteiger partial charge in [-0.05, 0) is 19.9 Å². The van der Waals surface area contributed by atoms with Crippen LogP contribution in [0.3, 0.4) is 0 Å². The van der Waals surface area contributed by atoms with Crippen molar-refractivity contribution in [3.05, 3.63) is 41.6 Å². The number of carbonyl (C=O) groups excluding carboxylic acids is 1. The molecule has 0 spiro atoms. The normalized spacial score (nSPS) is 11.9. The third-order valence-electron chi connectivity index (χ3n) is 3.40. The second-order valence-corrected chi connectivity index (χ2v) is 5.65. The van der Waals surface area contributed by atoms with Gasteiger partial charge in [-0.3, -0.25) is 4.79 Å². The Morgan fingerprint density at radius 2 is 2.04 bits per heavy atom. The molecule has 138 valence electrons. The maximum atomic E-state index is 12.4. The fraction of sp³-hybridized carbons (Fsp3) is 0.333. The molecular weight excluding hydrogens is 353 g/mol. The molecule has 1 N–H and O–H groups in total. The number of hydrogen-bond donors (Lipinski definition) is 1. The van der Waals surface area contributed by atoms with Crippen molar-refractivity contribution in [1.82, 2.24) is 24.4 Å². The Balaban J connectivity index is 1.69. The summed E-state index contributed by atoms with van der Waals surface area (Å²) in [6.45, 7) is 1.90. The van der Waals surface area contributed by atoms with Crippen molar-refractivity contribution in [3.8, 4) is 0 Å². The first kappa shape index (κ1) is 17.9. The first-order chi connectivity index (χ1) is 12.2. The number of alkyl halides is 3. The molecule has 0 aliphatic carbocycles. The van der Waals surface area contributed by atoms with E-state index < -0.39 is 18.7 Å². The average Bonchev–Trinajstić information content (AvgIpc) is 3.12. The zero-order valence-corrected chi connectivity index (χ0v) is 13.9. The number of nitrogens with one attached hydrogen (secondary N) is 1. The second kappa shape index (κ2) is 6.75. The van der Waals surface area contributed by atoms with Gasteiger partial charge in [-0.2, -0.15) is 23.4 Å². The smallest absolute Gasteiger partial charge is 0.350 e. The van der Waals surface area contributed by atoms with E-state index in [2.05, 4.69) is 25.2 Å². The Kier molecular flexibility index (Phi) is 4.64. The monoisotopic (exact) mass is 368 g/mol. The van der Waals surface area contributed by atoms with E-state index in [-0.39, 0.29) is 12.3 Å². The molecule has 3 aromatic rings. The molecule has 11 heteroatoms. The number of amides is 1. The number of ether oxygens (including phenoxy) is 1. The minimum absolute atomic E-state index is 0.276.